The van der Waals surface area contributed by atoms with Gasteiger partial charge in [0.05, 0.1) is 19.8 Å². The molecule has 0 aromatic rings. The van der Waals surface area contributed by atoms with Crippen LogP contribution in [0.2, 0.25) is 0 Å². The molecule has 0 spiro atoms. The summed E-state index contributed by atoms with van der Waals surface area (Å²) >= 11 is 0. The molecule has 6 heteroatoms. The van der Waals surface area contributed by atoms with Gasteiger partial charge in [-0.15, -0.1) is 0 Å². The fraction of sp³-hybridized carbons (Fsp3) is 0.905. The minimum atomic E-state index is 0. The number of nitrogens with zero attached hydrogens (tertiary/aromatic N) is 1. The SMILES string of the molecule is CCOCCOCCNC(=O)C1CCN(C2CCC(C(=O)CC)CC2)CC1.[HH]. The van der Waals surface area contributed by atoms with Gasteiger partial charge in [-0.1, -0.05) is 6.92 Å². The standard InChI is InChI=1S/C21H38N2O4.H2/c1-3-20(24)17-5-7-19(8-6-17)23-12-9-18(10-13-23)21(25)22-11-14-27-16-15-26-4-2;/h17-19H,3-16H2,1-2H3,(H,22,25);1H. The van der Waals surface area contributed by atoms with Gasteiger partial charge in [0.15, 0.2) is 0 Å². The fourth-order valence-corrected chi connectivity index (χ4v) is 4.33. The van der Waals surface area contributed by atoms with Crippen LogP contribution in [0.25, 0.3) is 0 Å². The second kappa shape index (κ2) is 12.5. The fourth-order valence-electron chi connectivity index (χ4n) is 4.33. The van der Waals surface area contributed by atoms with Gasteiger partial charge in [-0.3, -0.25) is 9.59 Å². The molecule has 1 saturated heterocycles. The summed E-state index contributed by atoms with van der Waals surface area (Å²) in [6.45, 7) is 8.93. The first-order valence-corrected chi connectivity index (χ1v) is 10.9. The quantitative estimate of drug-likeness (QED) is 0.555. The van der Waals surface area contributed by atoms with Crippen LogP contribution < -0.4 is 5.32 Å². The molecule has 27 heavy (non-hydrogen) atoms. The molecule has 0 bridgehead atoms. The van der Waals surface area contributed by atoms with E-state index in [2.05, 4.69) is 10.2 Å². The van der Waals surface area contributed by atoms with Crippen molar-refractivity contribution in [2.45, 2.75) is 64.8 Å². The predicted octanol–water partition coefficient (Wildman–Crippen LogP) is 2.65. The molecular weight excluding hydrogens is 344 g/mol. The molecule has 2 aliphatic rings. The highest BCUT2D eigenvalue weighted by molar-refractivity contribution is 5.80. The lowest BCUT2D eigenvalue weighted by atomic mass is 9.81. The van der Waals surface area contributed by atoms with E-state index in [1.165, 1.54) is 0 Å². The number of likely N-dealkylation sites (tertiary alicyclic amines) is 1. The maximum Gasteiger partial charge on any atom is 0.223 e. The van der Waals surface area contributed by atoms with Crippen molar-refractivity contribution in [2.24, 2.45) is 11.8 Å². The summed E-state index contributed by atoms with van der Waals surface area (Å²) in [4.78, 5) is 26.7. The van der Waals surface area contributed by atoms with Crippen molar-refractivity contribution in [1.29, 1.82) is 0 Å². The number of ketones is 1. The van der Waals surface area contributed by atoms with E-state index in [-0.39, 0.29) is 13.3 Å². The maximum atomic E-state index is 12.3. The minimum Gasteiger partial charge on any atom is -0.379 e. The van der Waals surface area contributed by atoms with Gasteiger partial charge in [0.2, 0.25) is 5.91 Å². The molecule has 1 N–H and O–H groups in total. The molecule has 2 fully saturated rings. The van der Waals surface area contributed by atoms with Crippen LogP contribution in [0.15, 0.2) is 0 Å². The van der Waals surface area contributed by atoms with Gasteiger partial charge in [-0.2, -0.15) is 0 Å². The summed E-state index contributed by atoms with van der Waals surface area (Å²) < 4.78 is 10.6. The van der Waals surface area contributed by atoms with E-state index in [1.54, 1.807) is 0 Å². The van der Waals surface area contributed by atoms with E-state index in [1.807, 2.05) is 13.8 Å². The van der Waals surface area contributed by atoms with Crippen LogP contribution in [0.5, 0.6) is 0 Å². The van der Waals surface area contributed by atoms with E-state index in [0.717, 1.165) is 51.6 Å². The van der Waals surface area contributed by atoms with Crippen LogP contribution >= 0.6 is 0 Å². The number of amides is 1. The topological polar surface area (TPSA) is 67.9 Å². The molecule has 1 aliphatic heterocycles. The molecular formula is C21H40N2O4. The zero-order chi connectivity index (χ0) is 19.5. The number of hydrogen-bond donors (Lipinski definition) is 1. The number of carbonyl (C=O) groups is 2. The van der Waals surface area contributed by atoms with Crippen LogP contribution in [0, 0.1) is 11.8 Å². The first kappa shape index (κ1) is 22.3. The van der Waals surface area contributed by atoms with Gasteiger partial charge < -0.3 is 19.7 Å². The third-order valence-corrected chi connectivity index (χ3v) is 6.04. The summed E-state index contributed by atoms with van der Waals surface area (Å²) in [6, 6.07) is 0.605. The van der Waals surface area contributed by atoms with Crippen molar-refractivity contribution in [1.82, 2.24) is 10.2 Å². The number of rotatable bonds is 11. The van der Waals surface area contributed by atoms with E-state index in [0.29, 0.717) is 57.1 Å². The lowest BCUT2D eigenvalue weighted by Gasteiger charge is -2.40. The Labute approximate surface area is 165 Å². The lowest BCUT2D eigenvalue weighted by Crippen LogP contribution is -2.46. The second-order valence-corrected chi connectivity index (χ2v) is 7.74. The van der Waals surface area contributed by atoms with E-state index < -0.39 is 0 Å². The Morgan fingerprint density at radius 2 is 1.59 bits per heavy atom. The summed E-state index contributed by atoms with van der Waals surface area (Å²) in [5.41, 5.74) is 0. The van der Waals surface area contributed by atoms with Crippen molar-refractivity contribution in [2.75, 3.05) is 46.1 Å². The number of piperidine rings is 1. The van der Waals surface area contributed by atoms with Gasteiger partial charge in [0, 0.05) is 38.9 Å². The summed E-state index contributed by atoms with van der Waals surface area (Å²) in [7, 11) is 0. The zero-order valence-electron chi connectivity index (χ0n) is 17.2. The van der Waals surface area contributed by atoms with Crippen molar-refractivity contribution in [3.05, 3.63) is 0 Å². The molecule has 0 unspecified atom stereocenters. The van der Waals surface area contributed by atoms with Gasteiger partial charge in [-0.25, -0.2) is 0 Å². The normalized spacial score (nSPS) is 24.7. The highest BCUT2D eigenvalue weighted by Gasteiger charge is 2.32. The van der Waals surface area contributed by atoms with E-state index in [4.69, 9.17) is 9.47 Å². The highest BCUT2D eigenvalue weighted by Crippen LogP contribution is 2.31. The molecule has 0 radical (unpaired) electrons. The first-order chi connectivity index (χ1) is 13.2. The highest BCUT2D eigenvalue weighted by atomic mass is 16.5. The summed E-state index contributed by atoms with van der Waals surface area (Å²) in [5.74, 6) is 1.03. The Morgan fingerprint density at radius 1 is 0.926 bits per heavy atom. The lowest BCUT2D eigenvalue weighted by molar-refractivity contribution is -0.127. The van der Waals surface area contributed by atoms with E-state index in [9.17, 15) is 9.59 Å². The Bertz CT molecular complexity index is 448. The summed E-state index contributed by atoms with van der Waals surface area (Å²) in [5, 5.41) is 3.00. The molecule has 1 amide bonds. The largest absolute Gasteiger partial charge is 0.379 e. The monoisotopic (exact) mass is 384 g/mol. The number of ether oxygens (including phenoxy) is 2. The van der Waals surface area contributed by atoms with Crippen molar-refractivity contribution in [3.8, 4) is 0 Å². The van der Waals surface area contributed by atoms with Crippen LogP contribution in [-0.4, -0.2) is 68.7 Å². The van der Waals surface area contributed by atoms with Crippen molar-refractivity contribution >= 4 is 11.7 Å². The molecule has 2 rings (SSSR count). The summed E-state index contributed by atoms with van der Waals surface area (Å²) in [6.07, 6.45) is 6.89. The Kier molecular flexibility index (Phi) is 10.3. The first-order valence-electron chi connectivity index (χ1n) is 10.9. The molecule has 0 aromatic carbocycles. The van der Waals surface area contributed by atoms with Crippen LogP contribution in [0.4, 0.5) is 0 Å². The predicted molar refractivity (Wildman–Crippen MR) is 108 cm³/mol. The smallest absolute Gasteiger partial charge is 0.223 e. The molecule has 6 nitrogen and oxygen atoms in total. The Morgan fingerprint density at radius 3 is 2.22 bits per heavy atom. The van der Waals surface area contributed by atoms with Crippen LogP contribution in [-0.2, 0) is 19.1 Å². The maximum absolute atomic E-state index is 12.3. The molecule has 1 heterocycles. The number of carbonyl (C=O) groups excluding carboxylic acids is 2. The average molecular weight is 385 g/mol. The van der Waals surface area contributed by atoms with Gasteiger partial charge >= 0.3 is 0 Å². The van der Waals surface area contributed by atoms with Crippen molar-refractivity contribution < 1.29 is 20.5 Å². The van der Waals surface area contributed by atoms with E-state index >= 15 is 0 Å². The Balaban J connectivity index is 0.00000392. The van der Waals surface area contributed by atoms with Crippen LogP contribution in [0.3, 0.4) is 0 Å². The van der Waals surface area contributed by atoms with Crippen molar-refractivity contribution in [3.63, 3.8) is 0 Å². The van der Waals surface area contributed by atoms with Gasteiger partial charge in [-0.05, 0) is 58.5 Å². The number of hydrogen-bond acceptors (Lipinski definition) is 5. The zero-order valence-corrected chi connectivity index (χ0v) is 17.2. The third kappa shape index (κ3) is 7.51. The molecule has 1 aliphatic carbocycles. The number of Topliss-reactive ketones (excluding diaryl/α,β-unsaturated/α-hetero) is 1. The molecule has 0 atom stereocenters. The van der Waals surface area contributed by atoms with Gasteiger partial charge in [0.1, 0.15) is 5.78 Å². The average Bonchev–Trinajstić information content (AvgIpc) is 2.72. The molecule has 158 valence electrons. The van der Waals surface area contributed by atoms with Gasteiger partial charge in [0.25, 0.3) is 0 Å². The van der Waals surface area contributed by atoms with Crippen LogP contribution in [0.1, 0.15) is 60.2 Å². The molecule has 1 saturated carbocycles. The second-order valence-electron chi connectivity index (χ2n) is 7.74. The minimum absolute atomic E-state index is 0. The third-order valence-electron chi connectivity index (χ3n) is 6.04. The number of nitrogens with one attached hydrogen (secondary N) is 1. The molecule has 0 aromatic heterocycles. The Hall–Kier alpha value is -0.980.